The fraction of sp³-hybridized carbons (Fsp3) is 0.391. The van der Waals surface area contributed by atoms with E-state index in [1.54, 1.807) is 7.11 Å². The van der Waals surface area contributed by atoms with Gasteiger partial charge in [-0.25, -0.2) is 0 Å². The minimum Gasteiger partial charge on any atom is -0.497 e. The van der Waals surface area contributed by atoms with Crippen LogP contribution in [-0.4, -0.2) is 42.1 Å². The molecule has 0 radical (unpaired) electrons. The number of hydrogen-bond acceptors (Lipinski definition) is 3. The molecular formula is C23H29NO4. The third kappa shape index (κ3) is 7.82. The summed E-state index contributed by atoms with van der Waals surface area (Å²) >= 11 is 0. The summed E-state index contributed by atoms with van der Waals surface area (Å²) in [6, 6.07) is 18.0. The summed E-state index contributed by atoms with van der Waals surface area (Å²) in [4.78, 5) is 25.2. The molecule has 0 saturated heterocycles. The van der Waals surface area contributed by atoms with Gasteiger partial charge in [0.1, 0.15) is 5.75 Å². The summed E-state index contributed by atoms with van der Waals surface area (Å²) in [6.07, 6.45) is 3.24. The number of amides is 1. The van der Waals surface area contributed by atoms with Gasteiger partial charge in [-0.1, -0.05) is 42.5 Å². The fourth-order valence-corrected chi connectivity index (χ4v) is 3.04. The van der Waals surface area contributed by atoms with Crippen LogP contribution in [0.15, 0.2) is 54.6 Å². The highest BCUT2D eigenvalue weighted by atomic mass is 16.5. The van der Waals surface area contributed by atoms with Crippen molar-refractivity contribution in [2.45, 2.75) is 38.5 Å². The van der Waals surface area contributed by atoms with E-state index < -0.39 is 5.97 Å². The first-order valence-electron chi connectivity index (χ1n) is 9.75. The number of methoxy groups -OCH3 is 1. The SMILES string of the molecule is COc1ccc(CCN(CCc2ccccc2)C(=O)CCCCC(=O)O)cc1. The van der Waals surface area contributed by atoms with Crippen LogP contribution in [0.1, 0.15) is 36.8 Å². The lowest BCUT2D eigenvalue weighted by Crippen LogP contribution is -2.34. The number of hydrogen-bond donors (Lipinski definition) is 1. The van der Waals surface area contributed by atoms with E-state index in [1.807, 2.05) is 47.4 Å². The maximum Gasteiger partial charge on any atom is 0.303 e. The Morgan fingerprint density at radius 3 is 2.00 bits per heavy atom. The highest BCUT2D eigenvalue weighted by molar-refractivity contribution is 5.76. The van der Waals surface area contributed by atoms with E-state index >= 15 is 0 Å². The standard InChI is InChI=1S/C23H29NO4/c1-28-21-13-11-20(12-14-21)16-18-24(17-15-19-7-3-2-4-8-19)22(25)9-5-6-10-23(26)27/h2-4,7-8,11-14H,5-6,9-10,15-18H2,1H3,(H,26,27). The molecule has 0 unspecified atom stereocenters. The Hall–Kier alpha value is -2.82. The zero-order chi connectivity index (χ0) is 20.2. The Labute approximate surface area is 166 Å². The number of ether oxygens (including phenoxy) is 1. The third-order valence-corrected chi connectivity index (χ3v) is 4.73. The number of benzene rings is 2. The van der Waals surface area contributed by atoms with E-state index in [1.165, 1.54) is 5.56 Å². The van der Waals surface area contributed by atoms with Gasteiger partial charge in [0.15, 0.2) is 0 Å². The van der Waals surface area contributed by atoms with Gasteiger partial charge in [0.25, 0.3) is 0 Å². The largest absolute Gasteiger partial charge is 0.497 e. The normalized spacial score (nSPS) is 10.5. The van der Waals surface area contributed by atoms with Crippen LogP contribution >= 0.6 is 0 Å². The molecule has 0 atom stereocenters. The van der Waals surface area contributed by atoms with Gasteiger partial charge in [-0.2, -0.15) is 0 Å². The quantitative estimate of drug-likeness (QED) is 0.564. The molecule has 0 aliphatic rings. The smallest absolute Gasteiger partial charge is 0.303 e. The predicted octanol–water partition coefficient (Wildman–Crippen LogP) is 3.95. The highest BCUT2D eigenvalue weighted by Gasteiger charge is 2.14. The number of carbonyl (C=O) groups excluding carboxylic acids is 1. The van der Waals surface area contributed by atoms with Crippen molar-refractivity contribution in [2.75, 3.05) is 20.2 Å². The zero-order valence-corrected chi connectivity index (χ0v) is 16.5. The molecule has 5 heteroatoms. The van der Waals surface area contributed by atoms with Gasteiger partial charge in [0.05, 0.1) is 7.11 Å². The molecule has 0 aliphatic carbocycles. The molecule has 2 rings (SSSR count). The Bertz CT molecular complexity index is 728. The van der Waals surface area contributed by atoms with Crippen LogP contribution in [0.5, 0.6) is 5.75 Å². The van der Waals surface area contributed by atoms with Crippen molar-refractivity contribution in [3.05, 3.63) is 65.7 Å². The summed E-state index contributed by atoms with van der Waals surface area (Å²) in [5.41, 5.74) is 2.36. The van der Waals surface area contributed by atoms with Crippen molar-refractivity contribution in [2.24, 2.45) is 0 Å². The molecule has 0 heterocycles. The van der Waals surface area contributed by atoms with Crippen molar-refractivity contribution in [3.8, 4) is 5.75 Å². The van der Waals surface area contributed by atoms with Crippen LogP contribution in [-0.2, 0) is 22.4 Å². The minimum atomic E-state index is -0.812. The Morgan fingerprint density at radius 2 is 1.43 bits per heavy atom. The zero-order valence-electron chi connectivity index (χ0n) is 16.5. The van der Waals surface area contributed by atoms with E-state index in [9.17, 15) is 9.59 Å². The van der Waals surface area contributed by atoms with E-state index in [0.717, 1.165) is 24.2 Å². The summed E-state index contributed by atoms with van der Waals surface area (Å²) in [5, 5.41) is 8.74. The Kier molecular flexibility index (Phi) is 9.05. The lowest BCUT2D eigenvalue weighted by molar-refractivity contribution is -0.137. The van der Waals surface area contributed by atoms with E-state index in [0.29, 0.717) is 32.4 Å². The maximum absolute atomic E-state index is 12.7. The van der Waals surface area contributed by atoms with Crippen LogP contribution in [0.3, 0.4) is 0 Å². The number of nitrogens with zero attached hydrogens (tertiary/aromatic N) is 1. The molecule has 0 fully saturated rings. The molecular weight excluding hydrogens is 354 g/mol. The van der Waals surface area contributed by atoms with E-state index in [2.05, 4.69) is 12.1 Å². The molecule has 1 N–H and O–H groups in total. The van der Waals surface area contributed by atoms with Gasteiger partial charge in [-0.05, 0) is 48.9 Å². The van der Waals surface area contributed by atoms with Crippen molar-refractivity contribution >= 4 is 11.9 Å². The van der Waals surface area contributed by atoms with Crippen LogP contribution in [0.2, 0.25) is 0 Å². The summed E-state index contributed by atoms with van der Waals surface area (Å²) in [7, 11) is 1.64. The Morgan fingerprint density at radius 1 is 0.857 bits per heavy atom. The van der Waals surface area contributed by atoms with E-state index in [4.69, 9.17) is 9.84 Å². The van der Waals surface area contributed by atoms with Gasteiger partial charge in [0.2, 0.25) is 5.91 Å². The lowest BCUT2D eigenvalue weighted by Gasteiger charge is -2.23. The number of carboxylic acids is 1. The first kappa shape index (κ1) is 21.5. The van der Waals surface area contributed by atoms with Gasteiger partial charge in [-0.3, -0.25) is 9.59 Å². The number of aliphatic carboxylic acids is 1. The second-order valence-electron chi connectivity index (χ2n) is 6.82. The average molecular weight is 383 g/mol. The third-order valence-electron chi connectivity index (χ3n) is 4.73. The van der Waals surface area contributed by atoms with Crippen LogP contribution in [0.4, 0.5) is 0 Å². The van der Waals surface area contributed by atoms with Crippen LogP contribution < -0.4 is 4.74 Å². The lowest BCUT2D eigenvalue weighted by atomic mass is 10.1. The summed E-state index contributed by atoms with van der Waals surface area (Å²) in [5.74, 6) is 0.0990. The molecule has 2 aromatic rings. The molecule has 28 heavy (non-hydrogen) atoms. The van der Waals surface area contributed by atoms with Crippen molar-refractivity contribution < 1.29 is 19.4 Å². The van der Waals surface area contributed by atoms with Crippen LogP contribution in [0.25, 0.3) is 0 Å². The van der Waals surface area contributed by atoms with E-state index in [-0.39, 0.29) is 12.3 Å². The Balaban J connectivity index is 1.91. The number of rotatable bonds is 12. The molecule has 0 aromatic heterocycles. The van der Waals surface area contributed by atoms with Gasteiger partial charge < -0.3 is 14.7 Å². The van der Waals surface area contributed by atoms with Crippen molar-refractivity contribution in [1.29, 1.82) is 0 Å². The van der Waals surface area contributed by atoms with Gasteiger partial charge >= 0.3 is 5.97 Å². The molecule has 5 nitrogen and oxygen atoms in total. The maximum atomic E-state index is 12.7. The summed E-state index contributed by atoms with van der Waals surface area (Å²) in [6.45, 7) is 1.31. The fourth-order valence-electron chi connectivity index (χ4n) is 3.04. The topological polar surface area (TPSA) is 66.8 Å². The molecule has 1 amide bonds. The van der Waals surface area contributed by atoms with Gasteiger partial charge in [0, 0.05) is 25.9 Å². The first-order valence-corrected chi connectivity index (χ1v) is 9.75. The average Bonchev–Trinajstić information content (AvgIpc) is 2.72. The highest BCUT2D eigenvalue weighted by Crippen LogP contribution is 2.13. The van der Waals surface area contributed by atoms with Crippen molar-refractivity contribution in [3.63, 3.8) is 0 Å². The number of carbonyl (C=O) groups is 2. The van der Waals surface area contributed by atoms with Crippen LogP contribution in [0, 0.1) is 0 Å². The minimum absolute atomic E-state index is 0.0924. The van der Waals surface area contributed by atoms with Gasteiger partial charge in [-0.15, -0.1) is 0 Å². The second-order valence-corrected chi connectivity index (χ2v) is 6.82. The molecule has 0 spiro atoms. The first-order chi connectivity index (χ1) is 13.6. The molecule has 2 aromatic carbocycles. The molecule has 150 valence electrons. The predicted molar refractivity (Wildman–Crippen MR) is 110 cm³/mol. The number of unbranched alkanes of at least 4 members (excludes halogenated alkanes) is 1. The molecule has 0 bridgehead atoms. The molecule has 0 saturated carbocycles. The molecule has 0 aliphatic heterocycles. The number of carboxylic acid groups (broad SMARTS) is 1. The van der Waals surface area contributed by atoms with Crippen molar-refractivity contribution in [1.82, 2.24) is 4.90 Å². The second kappa shape index (κ2) is 11.8. The monoisotopic (exact) mass is 383 g/mol. The summed E-state index contributed by atoms with van der Waals surface area (Å²) < 4.78 is 5.19.